The molecule has 0 unspecified atom stereocenters. The van der Waals surface area contributed by atoms with Gasteiger partial charge in [0.05, 0.1) is 12.6 Å². The lowest BCUT2D eigenvalue weighted by molar-refractivity contribution is 0.128. The summed E-state index contributed by atoms with van der Waals surface area (Å²) in [5.41, 5.74) is 3.67. The Kier molecular flexibility index (Phi) is 3.06. The Labute approximate surface area is 120 Å². The largest absolute Gasteiger partial charge is 0.496 e. The zero-order valence-corrected chi connectivity index (χ0v) is 11.7. The van der Waals surface area contributed by atoms with Gasteiger partial charge in [-0.15, -0.1) is 5.10 Å². The molecule has 0 atom stereocenters. The van der Waals surface area contributed by atoms with Crippen molar-refractivity contribution in [1.82, 2.24) is 14.9 Å². The number of rotatable bonds is 2. The first-order chi connectivity index (χ1) is 10.1. The zero-order chi connectivity index (χ0) is 15.0. The second kappa shape index (κ2) is 4.90. The quantitative estimate of drug-likeness (QED) is 0.705. The predicted molar refractivity (Wildman–Crippen MR) is 77.3 cm³/mol. The Bertz CT molecular complexity index is 886. The van der Waals surface area contributed by atoms with E-state index < -0.39 is 0 Å². The van der Waals surface area contributed by atoms with Gasteiger partial charge in [0.1, 0.15) is 11.3 Å². The van der Waals surface area contributed by atoms with Crippen LogP contribution in [-0.2, 0) is 0 Å². The molecular weight excluding hydrogens is 268 g/mol. The van der Waals surface area contributed by atoms with Crippen LogP contribution in [0.4, 0.5) is 0 Å². The van der Waals surface area contributed by atoms with Gasteiger partial charge in [0.15, 0.2) is 0 Å². The molecule has 3 aromatic rings. The van der Waals surface area contributed by atoms with Crippen LogP contribution in [0.5, 0.6) is 5.75 Å². The smallest absolute Gasteiger partial charge is 0.277 e. The number of nitrogens with one attached hydrogen (secondary N) is 1. The zero-order valence-electron chi connectivity index (χ0n) is 11.7. The lowest BCUT2D eigenvalue weighted by atomic mass is 9.99. The third kappa shape index (κ3) is 2.20. The first-order valence-electron chi connectivity index (χ1n) is 6.39. The Hall–Kier alpha value is -2.89. The number of aromatic nitrogens is 3. The van der Waals surface area contributed by atoms with E-state index in [2.05, 4.69) is 10.1 Å². The lowest BCUT2D eigenvalue weighted by Gasteiger charge is -2.12. The normalized spacial score (nSPS) is 10.8. The minimum absolute atomic E-state index is 0.326. The summed E-state index contributed by atoms with van der Waals surface area (Å²) in [4.78, 5) is 4.43. The summed E-state index contributed by atoms with van der Waals surface area (Å²) >= 11 is 0. The predicted octanol–water partition coefficient (Wildman–Crippen LogP) is 2.13. The second-order valence-corrected chi connectivity index (χ2v) is 4.68. The molecule has 6 nitrogen and oxygen atoms in total. The highest BCUT2D eigenvalue weighted by Gasteiger charge is 2.12. The minimum Gasteiger partial charge on any atom is -0.496 e. The number of methoxy groups -OCH3 is 1. The van der Waals surface area contributed by atoms with Crippen LogP contribution in [0.15, 0.2) is 36.4 Å². The molecule has 106 valence electrons. The minimum atomic E-state index is -0.326. The Morgan fingerprint density at radius 2 is 1.90 bits per heavy atom. The Morgan fingerprint density at radius 1 is 1.14 bits per heavy atom. The van der Waals surface area contributed by atoms with Crippen molar-refractivity contribution in [2.45, 2.75) is 6.92 Å². The average molecular weight is 282 g/mol. The van der Waals surface area contributed by atoms with Gasteiger partial charge in [0, 0.05) is 11.6 Å². The fourth-order valence-corrected chi connectivity index (χ4v) is 2.29. The van der Waals surface area contributed by atoms with Crippen LogP contribution in [0.1, 0.15) is 5.56 Å². The molecule has 0 spiro atoms. The Balaban J connectivity index is 2.34. The maximum absolute atomic E-state index is 9.48. The molecule has 21 heavy (non-hydrogen) atoms. The van der Waals surface area contributed by atoms with Crippen LogP contribution in [-0.4, -0.2) is 27.2 Å². The van der Waals surface area contributed by atoms with Gasteiger partial charge < -0.3 is 9.94 Å². The molecule has 0 aliphatic heterocycles. The van der Waals surface area contributed by atoms with Crippen molar-refractivity contribution in [3.8, 4) is 16.9 Å². The standard InChI is InChI=1S/C15H14N4O2/c1-9-5-3-4-6-10(9)11-7-13-12(8-14(11)21-2)17-15(16)19(20)18-13/h3-8,16,20H,1-2H3. The number of hydrogen-bond acceptors (Lipinski definition) is 5. The maximum Gasteiger partial charge on any atom is 0.277 e. The molecule has 0 saturated heterocycles. The van der Waals surface area contributed by atoms with Gasteiger partial charge in [-0.1, -0.05) is 29.1 Å². The van der Waals surface area contributed by atoms with E-state index in [4.69, 9.17) is 10.1 Å². The van der Waals surface area contributed by atoms with E-state index in [1.54, 1.807) is 19.2 Å². The molecule has 0 saturated carbocycles. The summed E-state index contributed by atoms with van der Waals surface area (Å²) in [5, 5.41) is 20.9. The first-order valence-corrected chi connectivity index (χ1v) is 6.39. The molecule has 1 aromatic heterocycles. The molecule has 0 aliphatic rings. The number of ether oxygens (including phenoxy) is 1. The van der Waals surface area contributed by atoms with Crippen molar-refractivity contribution in [3.63, 3.8) is 0 Å². The van der Waals surface area contributed by atoms with E-state index in [1.807, 2.05) is 31.2 Å². The van der Waals surface area contributed by atoms with Gasteiger partial charge in [0.2, 0.25) is 0 Å². The summed E-state index contributed by atoms with van der Waals surface area (Å²) < 4.78 is 5.43. The van der Waals surface area contributed by atoms with E-state index >= 15 is 0 Å². The van der Waals surface area contributed by atoms with Crippen LogP contribution < -0.4 is 10.4 Å². The maximum atomic E-state index is 9.48. The molecule has 0 fully saturated rings. The van der Waals surface area contributed by atoms with Crippen molar-refractivity contribution in [3.05, 3.63) is 47.6 Å². The fourth-order valence-electron chi connectivity index (χ4n) is 2.29. The van der Waals surface area contributed by atoms with E-state index in [-0.39, 0.29) is 5.62 Å². The van der Waals surface area contributed by atoms with Gasteiger partial charge >= 0.3 is 0 Å². The van der Waals surface area contributed by atoms with E-state index in [0.29, 0.717) is 21.6 Å². The summed E-state index contributed by atoms with van der Waals surface area (Å²) in [6, 6.07) is 11.5. The van der Waals surface area contributed by atoms with Gasteiger partial charge in [-0.25, -0.2) is 4.98 Å². The number of aryl methyl sites for hydroxylation is 1. The van der Waals surface area contributed by atoms with Gasteiger partial charge in [-0.3, -0.25) is 5.41 Å². The van der Waals surface area contributed by atoms with Crippen molar-refractivity contribution in [2.24, 2.45) is 0 Å². The van der Waals surface area contributed by atoms with E-state index in [9.17, 15) is 5.21 Å². The summed E-state index contributed by atoms with van der Waals surface area (Å²) in [6.45, 7) is 2.02. The molecule has 2 N–H and O–H groups in total. The number of benzene rings is 2. The van der Waals surface area contributed by atoms with Crippen LogP contribution in [0.2, 0.25) is 0 Å². The second-order valence-electron chi connectivity index (χ2n) is 4.68. The SMILES string of the molecule is COc1cc2nc(=N)n(O)nc2cc1-c1ccccc1C. The summed E-state index contributed by atoms with van der Waals surface area (Å²) in [7, 11) is 1.59. The topological polar surface area (TPSA) is 84.0 Å². The highest BCUT2D eigenvalue weighted by Crippen LogP contribution is 2.34. The van der Waals surface area contributed by atoms with Gasteiger partial charge in [-0.2, -0.15) is 0 Å². The van der Waals surface area contributed by atoms with E-state index in [0.717, 1.165) is 16.7 Å². The lowest BCUT2D eigenvalue weighted by Crippen LogP contribution is -2.23. The molecule has 0 amide bonds. The summed E-state index contributed by atoms with van der Waals surface area (Å²) in [5.74, 6) is 0.654. The highest BCUT2D eigenvalue weighted by molar-refractivity contribution is 5.86. The molecule has 0 radical (unpaired) electrons. The molecule has 2 aromatic carbocycles. The molecule has 1 heterocycles. The molecule has 0 bridgehead atoms. The average Bonchev–Trinajstić information content (AvgIpc) is 2.48. The third-order valence-corrected chi connectivity index (χ3v) is 3.35. The molecule has 0 aliphatic carbocycles. The fraction of sp³-hybridized carbons (Fsp3) is 0.133. The Morgan fingerprint density at radius 3 is 2.62 bits per heavy atom. The van der Waals surface area contributed by atoms with Gasteiger partial charge in [0.25, 0.3) is 5.62 Å². The number of fused-ring (bicyclic) bond motifs is 1. The molecule has 6 heteroatoms. The summed E-state index contributed by atoms with van der Waals surface area (Å²) in [6.07, 6.45) is 0. The number of hydrogen-bond donors (Lipinski definition) is 2. The number of nitrogens with zero attached hydrogens (tertiary/aromatic N) is 3. The van der Waals surface area contributed by atoms with Crippen molar-refractivity contribution in [2.75, 3.05) is 7.11 Å². The monoisotopic (exact) mass is 282 g/mol. The van der Waals surface area contributed by atoms with E-state index in [1.165, 1.54) is 0 Å². The van der Waals surface area contributed by atoms with Crippen molar-refractivity contribution >= 4 is 11.0 Å². The molecule has 3 rings (SSSR count). The van der Waals surface area contributed by atoms with Crippen LogP contribution >= 0.6 is 0 Å². The van der Waals surface area contributed by atoms with Crippen LogP contribution in [0.3, 0.4) is 0 Å². The van der Waals surface area contributed by atoms with Crippen LogP contribution in [0.25, 0.3) is 22.2 Å². The first kappa shape index (κ1) is 13.1. The van der Waals surface area contributed by atoms with Crippen molar-refractivity contribution in [1.29, 1.82) is 5.41 Å². The molecular formula is C15H14N4O2. The third-order valence-electron chi connectivity index (χ3n) is 3.35. The van der Waals surface area contributed by atoms with Gasteiger partial charge in [-0.05, 0) is 24.1 Å². The highest BCUT2D eigenvalue weighted by atomic mass is 16.5. The van der Waals surface area contributed by atoms with Crippen molar-refractivity contribution < 1.29 is 9.94 Å². The van der Waals surface area contributed by atoms with Crippen LogP contribution in [0, 0.1) is 12.3 Å².